The van der Waals surface area contributed by atoms with Crippen molar-refractivity contribution in [2.75, 3.05) is 25.0 Å². The topological polar surface area (TPSA) is 58.1 Å². The van der Waals surface area contributed by atoms with Gasteiger partial charge in [0.25, 0.3) is 0 Å². The van der Waals surface area contributed by atoms with Crippen LogP contribution in [0.15, 0.2) is 36.4 Å². The lowest BCUT2D eigenvalue weighted by Crippen LogP contribution is -2.27. The van der Waals surface area contributed by atoms with Gasteiger partial charge in [-0.25, -0.2) is 9.97 Å². The van der Waals surface area contributed by atoms with E-state index in [0.29, 0.717) is 6.42 Å². The number of likely N-dealkylation sites (tertiary alicyclic amines) is 1. The van der Waals surface area contributed by atoms with Gasteiger partial charge in [-0.05, 0) is 19.8 Å². The number of hydrogen-bond donors (Lipinski definition) is 1. The molecule has 1 aromatic carbocycles. The van der Waals surface area contributed by atoms with Crippen LogP contribution < -0.4 is 5.32 Å². The Labute approximate surface area is 136 Å². The number of anilines is 1. The maximum absolute atomic E-state index is 11.6. The largest absolute Gasteiger partial charge is 0.370 e. The molecule has 0 unspecified atom stereocenters. The summed E-state index contributed by atoms with van der Waals surface area (Å²) in [7, 11) is 0. The van der Waals surface area contributed by atoms with Gasteiger partial charge in [0.05, 0.1) is 0 Å². The van der Waals surface area contributed by atoms with Crippen molar-refractivity contribution in [1.29, 1.82) is 0 Å². The molecule has 0 spiro atoms. The number of nitrogens with one attached hydrogen (secondary N) is 1. The summed E-state index contributed by atoms with van der Waals surface area (Å²) in [5.74, 6) is 1.86. The van der Waals surface area contributed by atoms with Gasteiger partial charge >= 0.3 is 0 Å². The fraction of sp³-hybridized carbons (Fsp3) is 0.389. The van der Waals surface area contributed by atoms with Crippen LogP contribution in [0.5, 0.6) is 0 Å². The first-order chi connectivity index (χ1) is 11.2. The number of aryl methyl sites for hydroxylation is 1. The third-order valence-corrected chi connectivity index (χ3v) is 3.97. The van der Waals surface area contributed by atoms with E-state index < -0.39 is 0 Å². The van der Waals surface area contributed by atoms with Crippen molar-refractivity contribution in [3.63, 3.8) is 0 Å². The summed E-state index contributed by atoms with van der Waals surface area (Å²) in [6.07, 6.45) is 2.63. The summed E-state index contributed by atoms with van der Waals surface area (Å²) < 4.78 is 0. The first-order valence-corrected chi connectivity index (χ1v) is 8.15. The number of amides is 1. The predicted octanol–water partition coefficient (Wildman–Crippen LogP) is 2.88. The Bertz CT molecular complexity index is 672. The van der Waals surface area contributed by atoms with E-state index >= 15 is 0 Å². The summed E-state index contributed by atoms with van der Waals surface area (Å²) in [6, 6.07) is 11.9. The van der Waals surface area contributed by atoms with E-state index in [-0.39, 0.29) is 5.91 Å². The molecule has 5 nitrogen and oxygen atoms in total. The van der Waals surface area contributed by atoms with Crippen LogP contribution in [0.2, 0.25) is 0 Å². The van der Waals surface area contributed by atoms with Gasteiger partial charge in [0.1, 0.15) is 5.82 Å². The summed E-state index contributed by atoms with van der Waals surface area (Å²) in [5.41, 5.74) is 1.96. The molecular weight excluding hydrogens is 288 g/mol. The highest BCUT2D eigenvalue weighted by Crippen LogP contribution is 2.17. The third-order valence-electron chi connectivity index (χ3n) is 3.97. The molecule has 1 amide bonds. The first kappa shape index (κ1) is 15.5. The number of benzene rings is 1. The van der Waals surface area contributed by atoms with E-state index in [0.717, 1.165) is 55.4 Å². The molecule has 2 heterocycles. The smallest absolute Gasteiger partial charge is 0.222 e. The first-order valence-electron chi connectivity index (χ1n) is 8.15. The molecule has 1 fully saturated rings. The second-order valence-corrected chi connectivity index (χ2v) is 5.85. The molecule has 23 heavy (non-hydrogen) atoms. The molecule has 1 aliphatic heterocycles. The van der Waals surface area contributed by atoms with E-state index in [1.807, 2.05) is 48.2 Å². The zero-order chi connectivity index (χ0) is 16.1. The van der Waals surface area contributed by atoms with Crippen LogP contribution in [-0.2, 0) is 4.79 Å². The average molecular weight is 310 g/mol. The van der Waals surface area contributed by atoms with Crippen LogP contribution in [0.1, 0.15) is 25.0 Å². The van der Waals surface area contributed by atoms with Crippen LogP contribution in [-0.4, -0.2) is 40.4 Å². The number of carbonyl (C=O) groups excluding carboxylic acids is 1. The molecule has 0 radical (unpaired) electrons. The number of nitrogens with zero attached hydrogens (tertiary/aromatic N) is 3. The van der Waals surface area contributed by atoms with E-state index in [1.165, 1.54) is 0 Å². The van der Waals surface area contributed by atoms with Crippen molar-refractivity contribution in [3.05, 3.63) is 42.1 Å². The second-order valence-electron chi connectivity index (χ2n) is 5.85. The monoisotopic (exact) mass is 310 g/mol. The Hall–Kier alpha value is -2.43. The maximum Gasteiger partial charge on any atom is 0.222 e. The second kappa shape index (κ2) is 7.22. The van der Waals surface area contributed by atoms with Gasteiger partial charge in [-0.2, -0.15) is 0 Å². The number of rotatable bonds is 6. The highest BCUT2D eigenvalue weighted by Gasteiger charge is 2.18. The Balaban J connectivity index is 1.57. The molecule has 5 heteroatoms. The van der Waals surface area contributed by atoms with Gasteiger partial charge in [0.2, 0.25) is 5.91 Å². The Morgan fingerprint density at radius 1 is 1.22 bits per heavy atom. The summed E-state index contributed by atoms with van der Waals surface area (Å²) >= 11 is 0. The summed E-state index contributed by atoms with van der Waals surface area (Å²) in [4.78, 5) is 22.6. The summed E-state index contributed by atoms with van der Waals surface area (Å²) in [5, 5.41) is 3.35. The average Bonchev–Trinajstić information content (AvgIpc) is 2.97. The Kier molecular flexibility index (Phi) is 4.86. The molecule has 0 atom stereocenters. The van der Waals surface area contributed by atoms with E-state index in [1.54, 1.807) is 0 Å². The SMILES string of the molecule is Cc1cc(NCCCN2CCCC2=O)nc(-c2ccccc2)n1. The zero-order valence-corrected chi connectivity index (χ0v) is 13.5. The quantitative estimate of drug-likeness (QED) is 0.834. The molecule has 1 aliphatic rings. The van der Waals surface area contributed by atoms with Crippen LogP contribution in [0.4, 0.5) is 5.82 Å². The van der Waals surface area contributed by atoms with E-state index in [4.69, 9.17) is 0 Å². The molecule has 1 aromatic heterocycles. The molecule has 0 bridgehead atoms. The van der Waals surface area contributed by atoms with Crippen molar-refractivity contribution in [1.82, 2.24) is 14.9 Å². The van der Waals surface area contributed by atoms with Crippen LogP contribution in [0, 0.1) is 6.92 Å². The van der Waals surface area contributed by atoms with Crippen LogP contribution in [0.3, 0.4) is 0 Å². The summed E-state index contributed by atoms with van der Waals surface area (Å²) in [6.45, 7) is 4.50. The lowest BCUT2D eigenvalue weighted by atomic mass is 10.2. The van der Waals surface area contributed by atoms with Gasteiger partial charge in [0, 0.05) is 43.4 Å². The van der Waals surface area contributed by atoms with Crippen molar-refractivity contribution < 1.29 is 4.79 Å². The lowest BCUT2D eigenvalue weighted by Gasteiger charge is -2.15. The molecule has 3 rings (SSSR count). The minimum Gasteiger partial charge on any atom is -0.370 e. The van der Waals surface area contributed by atoms with Gasteiger partial charge in [-0.15, -0.1) is 0 Å². The van der Waals surface area contributed by atoms with Crippen molar-refractivity contribution in [2.45, 2.75) is 26.2 Å². The molecule has 0 saturated carbocycles. The predicted molar refractivity (Wildman–Crippen MR) is 91.1 cm³/mol. The minimum atomic E-state index is 0.286. The van der Waals surface area contributed by atoms with Gasteiger partial charge in [-0.3, -0.25) is 4.79 Å². The maximum atomic E-state index is 11.6. The number of carbonyl (C=O) groups is 1. The molecule has 0 aliphatic carbocycles. The number of aromatic nitrogens is 2. The highest BCUT2D eigenvalue weighted by molar-refractivity contribution is 5.78. The van der Waals surface area contributed by atoms with Gasteiger partial charge in [-0.1, -0.05) is 30.3 Å². The van der Waals surface area contributed by atoms with Crippen molar-refractivity contribution in [3.8, 4) is 11.4 Å². The highest BCUT2D eigenvalue weighted by atomic mass is 16.2. The van der Waals surface area contributed by atoms with Gasteiger partial charge in [0.15, 0.2) is 5.82 Å². The fourth-order valence-corrected chi connectivity index (χ4v) is 2.80. The zero-order valence-electron chi connectivity index (χ0n) is 13.5. The van der Waals surface area contributed by atoms with Crippen molar-refractivity contribution in [2.24, 2.45) is 0 Å². The van der Waals surface area contributed by atoms with E-state index in [9.17, 15) is 4.79 Å². The molecule has 120 valence electrons. The Morgan fingerprint density at radius 2 is 2.04 bits per heavy atom. The van der Waals surface area contributed by atoms with Crippen LogP contribution >= 0.6 is 0 Å². The Morgan fingerprint density at radius 3 is 2.78 bits per heavy atom. The van der Waals surface area contributed by atoms with Gasteiger partial charge < -0.3 is 10.2 Å². The van der Waals surface area contributed by atoms with Crippen molar-refractivity contribution >= 4 is 11.7 Å². The van der Waals surface area contributed by atoms with E-state index in [2.05, 4.69) is 15.3 Å². The lowest BCUT2D eigenvalue weighted by molar-refractivity contribution is -0.127. The standard InChI is InChI=1S/C18H22N4O/c1-14-13-16(19-10-6-12-22-11-5-9-17(22)23)21-18(20-14)15-7-3-2-4-8-15/h2-4,7-8,13H,5-6,9-12H2,1H3,(H,19,20,21). The molecular formula is C18H22N4O. The molecule has 1 N–H and O–H groups in total. The number of hydrogen-bond acceptors (Lipinski definition) is 4. The van der Waals surface area contributed by atoms with Crippen LogP contribution in [0.25, 0.3) is 11.4 Å². The third kappa shape index (κ3) is 4.06. The molecule has 1 saturated heterocycles. The molecule has 2 aromatic rings. The fourth-order valence-electron chi connectivity index (χ4n) is 2.80. The minimum absolute atomic E-state index is 0.286. The normalized spacial score (nSPS) is 14.3.